The number of rotatable bonds is 6. The summed E-state index contributed by atoms with van der Waals surface area (Å²) < 4.78 is 19.4. The van der Waals surface area contributed by atoms with Crippen molar-refractivity contribution in [3.05, 3.63) is 53.8 Å². The van der Waals surface area contributed by atoms with Gasteiger partial charge in [-0.15, -0.1) is 0 Å². The SMILES string of the molecule is CC[C@H](C)c1ccc(OCC(=O)Nc2nc3ccc(F)cc3s2)cc1. The Bertz CT molecular complexity index is 877. The first kappa shape index (κ1) is 17.4. The Morgan fingerprint density at radius 1 is 1.28 bits per heavy atom. The van der Waals surface area contributed by atoms with E-state index in [9.17, 15) is 9.18 Å². The quantitative estimate of drug-likeness (QED) is 0.677. The number of anilines is 1. The number of benzene rings is 2. The van der Waals surface area contributed by atoms with E-state index in [0.717, 1.165) is 6.42 Å². The lowest BCUT2D eigenvalue weighted by Gasteiger charge is -2.10. The topological polar surface area (TPSA) is 51.2 Å². The number of thiazole rings is 1. The second kappa shape index (κ2) is 7.61. The van der Waals surface area contributed by atoms with Gasteiger partial charge in [-0.2, -0.15) is 0 Å². The van der Waals surface area contributed by atoms with Crippen LogP contribution in [0.3, 0.4) is 0 Å². The maximum Gasteiger partial charge on any atom is 0.264 e. The highest BCUT2D eigenvalue weighted by atomic mass is 32.1. The summed E-state index contributed by atoms with van der Waals surface area (Å²) in [6.45, 7) is 4.22. The molecule has 25 heavy (non-hydrogen) atoms. The lowest BCUT2D eigenvalue weighted by Crippen LogP contribution is -2.20. The minimum absolute atomic E-state index is 0.104. The first-order valence-corrected chi connectivity index (χ1v) is 8.95. The van der Waals surface area contributed by atoms with Crippen molar-refractivity contribution in [1.82, 2.24) is 4.98 Å². The summed E-state index contributed by atoms with van der Waals surface area (Å²) in [5.41, 5.74) is 1.91. The molecular formula is C19H19FN2O2S. The first-order valence-electron chi connectivity index (χ1n) is 8.14. The maximum absolute atomic E-state index is 13.2. The average molecular weight is 358 g/mol. The molecule has 4 nitrogen and oxygen atoms in total. The minimum Gasteiger partial charge on any atom is -0.484 e. The van der Waals surface area contributed by atoms with Crippen molar-refractivity contribution < 1.29 is 13.9 Å². The zero-order valence-corrected chi connectivity index (χ0v) is 14.9. The zero-order chi connectivity index (χ0) is 17.8. The van der Waals surface area contributed by atoms with Crippen LogP contribution in [-0.2, 0) is 4.79 Å². The predicted octanol–water partition coefficient (Wildman–Crippen LogP) is 4.97. The van der Waals surface area contributed by atoms with E-state index in [1.807, 2.05) is 24.3 Å². The van der Waals surface area contributed by atoms with Crippen LogP contribution in [0.4, 0.5) is 9.52 Å². The highest BCUT2D eigenvalue weighted by Crippen LogP contribution is 2.26. The second-order valence-electron chi connectivity index (χ2n) is 5.85. The Morgan fingerprint density at radius 2 is 2.04 bits per heavy atom. The van der Waals surface area contributed by atoms with Crippen molar-refractivity contribution in [2.75, 3.05) is 11.9 Å². The largest absolute Gasteiger partial charge is 0.484 e. The van der Waals surface area contributed by atoms with Crippen molar-refractivity contribution in [2.45, 2.75) is 26.2 Å². The zero-order valence-electron chi connectivity index (χ0n) is 14.1. The third-order valence-electron chi connectivity index (χ3n) is 4.03. The number of carbonyl (C=O) groups is 1. The summed E-state index contributed by atoms with van der Waals surface area (Å²) in [6, 6.07) is 12.1. The summed E-state index contributed by atoms with van der Waals surface area (Å²) in [6.07, 6.45) is 1.08. The van der Waals surface area contributed by atoms with Crippen LogP contribution in [0.5, 0.6) is 5.75 Å². The molecule has 2 aromatic carbocycles. The van der Waals surface area contributed by atoms with E-state index in [0.29, 0.717) is 27.0 Å². The number of nitrogens with one attached hydrogen (secondary N) is 1. The molecule has 0 spiro atoms. The fourth-order valence-electron chi connectivity index (χ4n) is 2.38. The van der Waals surface area contributed by atoms with Gasteiger partial charge in [-0.3, -0.25) is 10.1 Å². The van der Waals surface area contributed by atoms with Crippen LogP contribution in [-0.4, -0.2) is 17.5 Å². The standard InChI is InChI=1S/C19H19FN2O2S/c1-3-12(2)13-4-7-15(8-5-13)24-11-18(23)22-19-21-16-9-6-14(20)10-17(16)25-19/h4-10,12H,3,11H2,1-2H3,(H,21,22,23)/t12-/m0/s1. The van der Waals surface area contributed by atoms with Gasteiger partial charge >= 0.3 is 0 Å². The van der Waals surface area contributed by atoms with Crippen LogP contribution in [0.25, 0.3) is 10.2 Å². The fraction of sp³-hybridized carbons (Fsp3) is 0.263. The molecule has 0 unspecified atom stereocenters. The van der Waals surface area contributed by atoms with Crippen molar-refractivity contribution in [1.29, 1.82) is 0 Å². The molecule has 130 valence electrons. The molecule has 1 aromatic heterocycles. The summed E-state index contributed by atoms with van der Waals surface area (Å²) in [5.74, 6) is 0.526. The van der Waals surface area contributed by atoms with Gasteiger partial charge in [0.15, 0.2) is 11.7 Å². The number of amides is 1. The lowest BCUT2D eigenvalue weighted by atomic mass is 9.99. The molecule has 1 amide bonds. The third-order valence-corrected chi connectivity index (χ3v) is 4.96. The summed E-state index contributed by atoms with van der Waals surface area (Å²) in [4.78, 5) is 16.3. The van der Waals surface area contributed by atoms with E-state index in [2.05, 4.69) is 24.1 Å². The molecule has 1 heterocycles. The molecule has 0 aliphatic rings. The number of halogens is 1. The molecular weight excluding hydrogens is 339 g/mol. The second-order valence-corrected chi connectivity index (χ2v) is 6.88. The number of hydrogen-bond donors (Lipinski definition) is 1. The van der Waals surface area contributed by atoms with Crippen LogP contribution in [0.2, 0.25) is 0 Å². The van der Waals surface area contributed by atoms with Gasteiger partial charge < -0.3 is 4.74 Å². The minimum atomic E-state index is -0.321. The molecule has 1 atom stereocenters. The Labute approximate surface area is 149 Å². The smallest absolute Gasteiger partial charge is 0.264 e. The molecule has 0 radical (unpaired) electrons. The molecule has 0 saturated heterocycles. The summed E-state index contributed by atoms with van der Waals surface area (Å²) in [5, 5.41) is 3.11. The molecule has 3 rings (SSSR count). The number of ether oxygens (including phenoxy) is 1. The van der Waals surface area contributed by atoms with Gasteiger partial charge in [-0.1, -0.05) is 37.3 Å². The van der Waals surface area contributed by atoms with Gasteiger partial charge in [0.05, 0.1) is 10.2 Å². The summed E-state index contributed by atoms with van der Waals surface area (Å²) in [7, 11) is 0. The van der Waals surface area contributed by atoms with Crippen molar-refractivity contribution in [3.8, 4) is 5.75 Å². The summed E-state index contributed by atoms with van der Waals surface area (Å²) >= 11 is 1.23. The number of nitrogens with zero attached hydrogens (tertiary/aromatic N) is 1. The molecule has 6 heteroatoms. The Kier molecular flexibility index (Phi) is 5.28. The van der Waals surface area contributed by atoms with Crippen LogP contribution in [0.1, 0.15) is 31.7 Å². The lowest BCUT2D eigenvalue weighted by molar-refractivity contribution is -0.118. The molecule has 0 aliphatic carbocycles. The van der Waals surface area contributed by atoms with E-state index in [4.69, 9.17) is 4.74 Å². The van der Waals surface area contributed by atoms with E-state index in [-0.39, 0.29) is 18.3 Å². The first-order chi connectivity index (χ1) is 12.0. The average Bonchev–Trinajstić information content (AvgIpc) is 3.01. The molecule has 3 aromatic rings. The van der Waals surface area contributed by atoms with Gasteiger partial charge in [-0.25, -0.2) is 9.37 Å². The van der Waals surface area contributed by atoms with E-state index >= 15 is 0 Å². The van der Waals surface area contributed by atoms with Crippen LogP contribution >= 0.6 is 11.3 Å². The Balaban J connectivity index is 1.56. The van der Waals surface area contributed by atoms with Crippen LogP contribution in [0.15, 0.2) is 42.5 Å². The maximum atomic E-state index is 13.2. The third kappa shape index (κ3) is 4.33. The Morgan fingerprint density at radius 3 is 2.76 bits per heavy atom. The molecule has 0 bridgehead atoms. The molecule has 0 fully saturated rings. The van der Waals surface area contributed by atoms with E-state index < -0.39 is 0 Å². The van der Waals surface area contributed by atoms with Gasteiger partial charge in [-0.05, 0) is 48.2 Å². The van der Waals surface area contributed by atoms with Gasteiger partial charge in [0, 0.05) is 0 Å². The van der Waals surface area contributed by atoms with Gasteiger partial charge in [0.2, 0.25) is 0 Å². The number of hydrogen-bond acceptors (Lipinski definition) is 4. The number of carbonyl (C=O) groups excluding carboxylic acids is 1. The Hall–Kier alpha value is -2.47. The number of aromatic nitrogens is 1. The normalized spacial score (nSPS) is 12.1. The highest BCUT2D eigenvalue weighted by Gasteiger charge is 2.09. The number of fused-ring (bicyclic) bond motifs is 1. The van der Waals surface area contributed by atoms with Crippen molar-refractivity contribution >= 4 is 32.6 Å². The highest BCUT2D eigenvalue weighted by molar-refractivity contribution is 7.22. The monoisotopic (exact) mass is 358 g/mol. The van der Waals surface area contributed by atoms with Gasteiger partial charge in [0.1, 0.15) is 11.6 Å². The van der Waals surface area contributed by atoms with E-state index in [1.165, 1.54) is 29.0 Å². The molecule has 1 N–H and O–H groups in total. The van der Waals surface area contributed by atoms with Gasteiger partial charge in [0.25, 0.3) is 5.91 Å². The molecule has 0 saturated carbocycles. The van der Waals surface area contributed by atoms with Crippen LogP contribution < -0.4 is 10.1 Å². The van der Waals surface area contributed by atoms with E-state index in [1.54, 1.807) is 6.07 Å². The predicted molar refractivity (Wildman–Crippen MR) is 98.9 cm³/mol. The van der Waals surface area contributed by atoms with Crippen molar-refractivity contribution in [3.63, 3.8) is 0 Å². The van der Waals surface area contributed by atoms with Crippen molar-refractivity contribution in [2.24, 2.45) is 0 Å². The molecule has 0 aliphatic heterocycles. The van der Waals surface area contributed by atoms with Crippen LogP contribution in [0, 0.1) is 5.82 Å². The fourth-order valence-corrected chi connectivity index (χ4v) is 3.29.